The molecule has 0 unspecified atom stereocenters. The fraction of sp³-hybridized carbons (Fsp3) is 0. The Kier molecular flexibility index (Phi) is 3.85. The Labute approximate surface area is 116 Å². The van der Waals surface area contributed by atoms with Crippen molar-refractivity contribution < 1.29 is 23.1 Å². The van der Waals surface area contributed by atoms with Gasteiger partial charge in [0.1, 0.15) is 11.6 Å². The van der Waals surface area contributed by atoms with E-state index in [1.807, 2.05) is 5.32 Å². The van der Waals surface area contributed by atoms with E-state index in [9.17, 15) is 23.1 Å². The maximum atomic E-state index is 13.4. The van der Waals surface area contributed by atoms with Crippen molar-refractivity contribution in [1.82, 2.24) is 0 Å². The molecule has 0 fully saturated rings. The van der Waals surface area contributed by atoms with E-state index < -0.39 is 29.0 Å². The molecule has 2 rings (SSSR count). The highest BCUT2D eigenvalue weighted by molar-refractivity contribution is 6.34. The van der Waals surface area contributed by atoms with Gasteiger partial charge < -0.3 is 10.4 Å². The Morgan fingerprint density at radius 3 is 2.40 bits per heavy atom. The van der Waals surface area contributed by atoms with Crippen LogP contribution in [-0.4, -0.2) is 11.0 Å². The number of benzene rings is 2. The zero-order valence-electron chi connectivity index (χ0n) is 9.75. The first-order valence-corrected chi connectivity index (χ1v) is 5.70. The van der Waals surface area contributed by atoms with Crippen LogP contribution >= 0.6 is 11.6 Å². The summed E-state index contributed by atoms with van der Waals surface area (Å²) in [6.07, 6.45) is 0. The van der Waals surface area contributed by atoms with Gasteiger partial charge in [-0.2, -0.15) is 0 Å². The second-order valence-corrected chi connectivity index (χ2v) is 4.27. The summed E-state index contributed by atoms with van der Waals surface area (Å²) in [5, 5.41) is 11.3. The fourth-order valence-electron chi connectivity index (χ4n) is 1.50. The molecule has 2 aromatic carbocycles. The Balaban J connectivity index is 2.32. The third-order valence-electron chi connectivity index (χ3n) is 2.45. The summed E-state index contributed by atoms with van der Waals surface area (Å²) in [5.74, 6) is -4.88. The van der Waals surface area contributed by atoms with Crippen LogP contribution in [-0.2, 0) is 0 Å². The standard InChI is InChI=1S/C13H7ClF3NO2/c14-8-2-1-6(19)3-7(8)13(20)18-12-5-10(16)9(15)4-11(12)17/h1-5,19H,(H,18,20). The van der Waals surface area contributed by atoms with Crippen molar-refractivity contribution in [1.29, 1.82) is 0 Å². The van der Waals surface area contributed by atoms with E-state index >= 15 is 0 Å². The Bertz CT molecular complexity index is 692. The van der Waals surface area contributed by atoms with Gasteiger partial charge in [-0.25, -0.2) is 13.2 Å². The number of aromatic hydroxyl groups is 1. The number of anilines is 1. The maximum Gasteiger partial charge on any atom is 0.257 e. The van der Waals surface area contributed by atoms with Gasteiger partial charge in [0.2, 0.25) is 0 Å². The lowest BCUT2D eigenvalue weighted by Gasteiger charge is -2.08. The summed E-state index contributed by atoms with van der Waals surface area (Å²) in [5.41, 5.74) is -0.663. The van der Waals surface area contributed by atoms with Crippen LogP contribution in [0.4, 0.5) is 18.9 Å². The zero-order valence-corrected chi connectivity index (χ0v) is 10.5. The molecule has 104 valence electrons. The Morgan fingerprint density at radius 2 is 1.70 bits per heavy atom. The number of hydrogen-bond donors (Lipinski definition) is 2. The van der Waals surface area contributed by atoms with Crippen molar-refractivity contribution in [2.24, 2.45) is 0 Å². The van der Waals surface area contributed by atoms with Crippen LogP contribution in [0.15, 0.2) is 30.3 Å². The quantitative estimate of drug-likeness (QED) is 0.831. The van der Waals surface area contributed by atoms with Gasteiger partial charge in [0, 0.05) is 12.1 Å². The van der Waals surface area contributed by atoms with Gasteiger partial charge in [0.15, 0.2) is 11.6 Å². The lowest BCUT2D eigenvalue weighted by Crippen LogP contribution is -2.14. The first kappa shape index (κ1) is 14.2. The maximum absolute atomic E-state index is 13.4. The van der Waals surface area contributed by atoms with Gasteiger partial charge >= 0.3 is 0 Å². The van der Waals surface area contributed by atoms with Crippen molar-refractivity contribution in [2.75, 3.05) is 5.32 Å². The lowest BCUT2D eigenvalue weighted by molar-refractivity contribution is 0.102. The molecule has 3 nitrogen and oxygen atoms in total. The fourth-order valence-corrected chi connectivity index (χ4v) is 1.70. The average Bonchev–Trinajstić information content (AvgIpc) is 2.38. The van der Waals surface area contributed by atoms with Crippen LogP contribution in [0.1, 0.15) is 10.4 Å². The molecule has 0 aliphatic rings. The van der Waals surface area contributed by atoms with Crippen molar-refractivity contribution >= 4 is 23.2 Å². The number of amides is 1. The molecule has 0 saturated heterocycles. The van der Waals surface area contributed by atoms with Gasteiger partial charge in [0.05, 0.1) is 16.3 Å². The van der Waals surface area contributed by atoms with E-state index in [4.69, 9.17) is 11.6 Å². The Morgan fingerprint density at radius 1 is 1.05 bits per heavy atom. The molecule has 1 amide bonds. The van der Waals surface area contributed by atoms with Gasteiger partial charge in [-0.05, 0) is 18.2 Å². The summed E-state index contributed by atoms with van der Waals surface area (Å²) in [6, 6.07) is 4.43. The van der Waals surface area contributed by atoms with E-state index in [-0.39, 0.29) is 16.3 Å². The average molecular weight is 302 g/mol. The topological polar surface area (TPSA) is 49.3 Å². The molecule has 0 saturated carbocycles. The molecule has 0 aliphatic carbocycles. The van der Waals surface area contributed by atoms with Gasteiger partial charge in [-0.15, -0.1) is 0 Å². The van der Waals surface area contributed by atoms with E-state index in [1.165, 1.54) is 12.1 Å². The molecular weight excluding hydrogens is 295 g/mol. The first-order valence-electron chi connectivity index (χ1n) is 5.33. The minimum Gasteiger partial charge on any atom is -0.508 e. The predicted octanol–water partition coefficient (Wildman–Crippen LogP) is 3.72. The molecule has 2 N–H and O–H groups in total. The van der Waals surface area contributed by atoms with Crippen molar-refractivity contribution in [2.45, 2.75) is 0 Å². The molecule has 20 heavy (non-hydrogen) atoms. The van der Waals surface area contributed by atoms with Crippen LogP contribution in [0.25, 0.3) is 0 Å². The van der Waals surface area contributed by atoms with Gasteiger partial charge in [-0.1, -0.05) is 11.6 Å². The summed E-state index contributed by atoms with van der Waals surface area (Å²) in [6.45, 7) is 0. The smallest absolute Gasteiger partial charge is 0.257 e. The van der Waals surface area contributed by atoms with Crippen molar-refractivity contribution in [3.8, 4) is 5.75 Å². The number of carbonyl (C=O) groups excluding carboxylic acids is 1. The van der Waals surface area contributed by atoms with E-state index in [2.05, 4.69) is 0 Å². The van der Waals surface area contributed by atoms with Crippen LogP contribution < -0.4 is 5.32 Å². The summed E-state index contributed by atoms with van der Waals surface area (Å²) in [4.78, 5) is 11.8. The van der Waals surface area contributed by atoms with Crippen LogP contribution in [0.2, 0.25) is 5.02 Å². The molecule has 7 heteroatoms. The number of halogens is 4. The third kappa shape index (κ3) is 2.85. The molecule has 0 aliphatic heterocycles. The van der Waals surface area contributed by atoms with Crippen molar-refractivity contribution in [3.63, 3.8) is 0 Å². The third-order valence-corrected chi connectivity index (χ3v) is 2.78. The van der Waals surface area contributed by atoms with E-state index in [0.717, 1.165) is 6.07 Å². The number of rotatable bonds is 2. The van der Waals surface area contributed by atoms with E-state index in [0.29, 0.717) is 12.1 Å². The highest BCUT2D eigenvalue weighted by Gasteiger charge is 2.16. The molecule has 0 aromatic heterocycles. The number of nitrogens with one attached hydrogen (secondary N) is 1. The minimum absolute atomic E-state index is 0.0169. The minimum atomic E-state index is -1.36. The van der Waals surface area contributed by atoms with Gasteiger partial charge in [-0.3, -0.25) is 4.79 Å². The van der Waals surface area contributed by atoms with Gasteiger partial charge in [0.25, 0.3) is 5.91 Å². The zero-order chi connectivity index (χ0) is 14.9. The van der Waals surface area contributed by atoms with Crippen LogP contribution in [0.3, 0.4) is 0 Å². The summed E-state index contributed by atoms with van der Waals surface area (Å²) >= 11 is 5.75. The first-order chi connectivity index (χ1) is 9.38. The number of phenolic OH excluding ortho intramolecular Hbond substituents is 1. The van der Waals surface area contributed by atoms with E-state index in [1.54, 1.807) is 0 Å². The number of phenols is 1. The molecule has 2 aromatic rings. The number of hydrogen-bond acceptors (Lipinski definition) is 2. The molecule has 0 bridgehead atoms. The second-order valence-electron chi connectivity index (χ2n) is 3.86. The molecule has 0 spiro atoms. The highest BCUT2D eigenvalue weighted by Crippen LogP contribution is 2.24. The SMILES string of the molecule is O=C(Nc1cc(F)c(F)cc1F)c1cc(O)ccc1Cl. The largest absolute Gasteiger partial charge is 0.508 e. The predicted molar refractivity (Wildman–Crippen MR) is 67.4 cm³/mol. The molecule has 0 radical (unpaired) electrons. The second kappa shape index (κ2) is 5.42. The van der Waals surface area contributed by atoms with Crippen LogP contribution in [0.5, 0.6) is 5.75 Å². The van der Waals surface area contributed by atoms with Crippen LogP contribution in [0, 0.1) is 17.5 Å². The molecule has 0 atom stereocenters. The lowest BCUT2D eigenvalue weighted by atomic mass is 10.2. The normalized spacial score (nSPS) is 10.4. The monoisotopic (exact) mass is 301 g/mol. The Hall–Kier alpha value is -2.21. The summed E-state index contributed by atoms with van der Waals surface area (Å²) in [7, 11) is 0. The number of carbonyl (C=O) groups is 1. The molecule has 0 heterocycles. The molecular formula is C13H7ClF3NO2. The van der Waals surface area contributed by atoms with Crippen molar-refractivity contribution in [3.05, 3.63) is 58.4 Å². The summed E-state index contributed by atoms with van der Waals surface area (Å²) < 4.78 is 39.1. The highest BCUT2D eigenvalue weighted by atomic mass is 35.5.